The van der Waals surface area contributed by atoms with E-state index in [-0.39, 0.29) is 40.5 Å². The third-order valence-corrected chi connectivity index (χ3v) is 10.8. The number of pyridine rings is 1. The largest absolute Gasteiger partial charge is 0.508 e. The highest BCUT2D eigenvalue weighted by molar-refractivity contribution is 6.00. The van der Waals surface area contributed by atoms with Crippen LogP contribution in [0.2, 0.25) is 0 Å². The van der Waals surface area contributed by atoms with Gasteiger partial charge in [0.05, 0.1) is 23.6 Å². The number of benzene rings is 2. The van der Waals surface area contributed by atoms with E-state index in [1.165, 1.54) is 24.4 Å². The van der Waals surface area contributed by atoms with Crippen molar-refractivity contribution in [2.24, 2.45) is 0 Å². The molecule has 5 aliphatic rings. The Hall–Kier alpha value is -3.74. The summed E-state index contributed by atoms with van der Waals surface area (Å²) in [5, 5.41) is 11.5. The SMILES string of the molecule is Oc1cc(-c2ncc3c(N4CC5CCC(C4)N5CC4CO4)nc(OC[C@@]45CCCN4C[C@H](F)C5)nc3c2F)c2c(F)cccc2c1. The molecule has 9 nitrogen and oxygen atoms in total. The highest BCUT2D eigenvalue weighted by Gasteiger charge is 2.49. The standard InChI is InChI=1S/C34H35F3N6O3/c35-20-11-34(7-2-8-42(34)13-20)18-46-33-39-31-26(32(40-33)41-14-21-5-6-22(15-41)43(21)16-24-17-45-24)12-38-30(29(31)37)25-10-23(44)9-19-3-1-4-27(36)28(19)25/h1,3-4,9-10,12,20-22,24,44H,2,5-8,11,13-18H2/t20-,21?,22?,24?,34+/m1/s1. The van der Waals surface area contributed by atoms with Crippen molar-refractivity contribution in [2.45, 2.75) is 62.0 Å². The molecule has 5 atom stereocenters. The third-order valence-electron chi connectivity index (χ3n) is 10.8. The maximum Gasteiger partial charge on any atom is 0.319 e. The van der Waals surface area contributed by atoms with E-state index in [2.05, 4.69) is 24.7 Å². The molecular formula is C34H35F3N6O3. The van der Waals surface area contributed by atoms with Gasteiger partial charge in [-0.1, -0.05) is 12.1 Å². The van der Waals surface area contributed by atoms with Gasteiger partial charge >= 0.3 is 6.01 Å². The molecular weight excluding hydrogens is 597 g/mol. The number of hydrogen-bond donors (Lipinski definition) is 1. The smallest absolute Gasteiger partial charge is 0.319 e. The van der Waals surface area contributed by atoms with E-state index in [4.69, 9.17) is 14.5 Å². The molecule has 0 spiro atoms. The van der Waals surface area contributed by atoms with Crippen LogP contribution in [0, 0.1) is 11.6 Å². The molecule has 0 saturated carbocycles. The molecule has 0 amide bonds. The fourth-order valence-electron chi connectivity index (χ4n) is 8.59. The first-order valence-corrected chi connectivity index (χ1v) is 16.3. The summed E-state index contributed by atoms with van der Waals surface area (Å²) in [5.41, 5.74) is -0.410. The third kappa shape index (κ3) is 4.67. The van der Waals surface area contributed by atoms with E-state index in [1.54, 1.807) is 12.1 Å². The molecule has 2 bridgehead atoms. The van der Waals surface area contributed by atoms with E-state index in [0.29, 0.717) is 60.8 Å². The number of rotatable bonds is 7. The summed E-state index contributed by atoms with van der Waals surface area (Å²) in [7, 11) is 0. The number of ether oxygens (including phenoxy) is 2. The number of halogens is 3. The summed E-state index contributed by atoms with van der Waals surface area (Å²) in [5.74, 6) is -0.886. The van der Waals surface area contributed by atoms with Crippen LogP contribution in [0.3, 0.4) is 0 Å². The van der Waals surface area contributed by atoms with Gasteiger partial charge in [-0.25, -0.2) is 13.2 Å². The van der Waals surface area contributed by atoms with E-state index >= 15 is 8.78 Å². The summed E-state index contributed by atoms with van der Waals surface area (Å²) < 4.78 is 58.2. The Morgan fingerprint density at radius 2 is 1.91 bits per heavy atom. The topological polar surface area (TPSA) is 90.4 Å². The number of epoxide rings is 1. The Morgan fingerprint density at radius 1 is 1.09 bits per heavy atom. The molecule has 2 aromatic carbocycles. The van der Waals surface area contributed by atoms with Gasteiger partial charge in [0.1, 0.15) is 41.4 Å². The second-order valence-electron chi connectivity index (χ2n) is 13.7. The van der Waals surface area contributed by atoms with Crippen LogP contribution in [-0.2, 0) is 4.74 Å². The fourth-order valence-corrected chi connectivity index (χ4v) is 8.59. The molecule has 2 aromatic heterocycles. The van der Waals surface area contributed by atoms with Gasteiger partial charge in [-0.2, -0.15) is 9.97 Å². The van der Waals surface area contributed by atoms with Crippen molar-refractivity contribution in [1.29, 1.82) is 0 Å². The first-order chi connectivity index (χ1) is 22.3. The zero-order valence-electron chi connectivity index (χ0n) is 25.3. The highest BCUT2D eigenvalue weighted by atomic mass is 19.1. The molecule has 1 N–H and O–H groups in total. The van der Waals surface area contributed by atoms with Crippen molar-refractivity contribution in [3.8, 4) is 23.0 Å². The number of piperazine rings is 1. The summed E-state index contributed by atoms with van der Waals surface area (Å²) in [6.07, 6.45) is 5.25. The lowest BCUT2D eigenvalue weighted by Gasteiger charge is -2.41. The van der Waals surface area contributed by atoms with E-state index in [0.717, 1.165) is 45.4 Å². The van der Waals surface area contributed by atoms with Gasteiger partial charge in [0.15, 0.2) is 5.82 Å². The molecule has 0 aliphatic carbocycles. The highest BCUT2D eigenvalue weighted by Crippen LogP contribution is 2.42. The minimum absolute atomic E-state index is 0.00885. The molecule has 5 saturated heterocycles. The quantitative estimate of drug-likeness (QED) is 0.288. The molecule has 240 valence electrons. The molecule has 7 heterocycles. The summed E-state index contributed by atoms with van der Waals surface area (Å²) >= 11 is 0. The number of nitrogens with zero attached hydrogens (tertiary/aromatic N) is 6. The minimum Gasteiger partial charge on any atom is -0.508 e. The average molecular weight is 633 g/mol. The van der Waals surface area contributed by atoms with Crippen molar-refractivity contribution in [3.05, 3.63) is 48.2 Å². The van der Waals surface area contributed by atoms with Crippen LogP contribution >= 0.6 is 0 Å². The van der Waals surface area contributed by atoms with Crippen LogP contribution in [0.4, 0.5) is 19.0 Å². The lowest BCUT2D eigenvalue weighted by atomic mass is 9.95. The second-order valence-corrected chi connectivity index (χ2v) is 13.7. The lowest BCUT2D eigenvalue weighted by molar-refractivity contribution is 0.107. The van der Waals surface area contributed by atoms with Crippen molar-refractivity contribution in [1.82, 2.24) is 24.8 Å². The molecule has 12 heteroatoms. The summed E-state index contributed by atoms with van der Waals surface area (Å²) in [4.78, 5) is 20.8. The normalized spacial score (nSPS) is 29.2. The van der Waals surface area contributed by atoms with Crippen molar-refractivity contribution < 1.29 is 27.8 Å². The van der Waals surface area contributed by atoms with Crippen LogP contribution < -0.4 is 9.64 Å². The summed E-state index contributed by atoms with van der Waals surface area (Å²) in [6.45, 7) is 4.58. The zero-order valence-corrected chi connectivity index (χ0v) is 25.3. The minimum atomic E-state index is -0.909. The van der Waals surface area contributed by atoms with Gasteiger partial charge in [0.25, 0.3) is 0 Å². The Morgan fingerprint density at radius 3 is 2.72 bits per heavy atom. The lowest BCUT2D eigenvalue weighted by Crippen LogP contribution is -2.55. The zero-order chi connectivity index (χ0) is 31.2. The number of phenolic OH excluding ortho intramolecular Hbond substituents is 1. The van der Waals surface area contributed by atoms with Crippen LogP contribution in [-0.4, -0.2) is 106 Å². The summed E-state index contributed by atoms with van der Waals surface area (Å²) in [6, 6.07) is 7.93. The van der Waals surface area contributed by atoms with Crippen LogP contribution in [0.1, 0.15) is 32.1 Å². The molecule has 9 rings (SSSR count). The maximum atomic E-state index is 16.7. The number of aromatic nitrogens is 3. The maximum absolute atomic E-state index is 16.7. The first kappa shape index (κ1) is 28.5. The molecule has 5 aliphatic heterocycles. The number of alkyl halides is 1. The predicted octanol–water partition coefficient (Wildman–Crippen LogP) is 4.84. The molecule has 46 heavy (non-hydrogen) atoms. The van der Waals surface area contributed by atoms with Crippen molar-refractivity contribution in [2.75, 3.05) is 50.8 Å². The second kappa shape index (κ2) is 10.6. The van der Waals surface area contributed by atoms with E-state index in [1.807, 2.05) is 0 Å². The van der Waals surface area contributed by atoms with Crippen LogP contribution in [0.25, 0.3) is 32.9 Å². The number of anilines is 1. The molecule has 0 radical (unpaired) electrons. The Balaban J connectivity index is 1.14. The van der Waals surface area contributed by atoms with Gasteiger partial charge < -0.3 is 19.5 Å². The van der Waals surface area contributed by atoms with Crippen molar-refractivity contribution >= 4 is 27.5 Å². The molecule has 4 aromatic rings. The van der Waals surface area contributed by atoms with Gasteiger partial charge in [-0.15, -0.1) is 0 Å². The Kier molecular flexibility index (Phi) is 6.59. The van der Waals surface area contributed by atoms with Gasteiger partial charge in [-0.05, 0) is 55.8 Å². The van der Waals surface area contributed by atoms with E-state index in [9.17, 15) is 9.50 Å². The van der Waals surface area contributed by atoms with Crippen molar-refractivity contribution in [3.63, 3.8) is 0 Å². The van der Waals surface area contributed by atoms with Crippen LogP contribution in [0.5, 0.6) is 11.8 Å². The number of hydrogen-bond acceptors (Lipinski definition) is 9. The predicted molar refractivity (Wildman–Crippen MR) is 166 cm³/mol. The van der Waals surface area contributed by atoms with E-state index < -0.39 is 23.3 Å². The van der Waals surface area contributed by atoms with Gasteiger partial charge in [0.2, 0.25) is 0 Å². The monoisotopic (exact) mass is 632 g/mol. The number of phenols is 1. The molecule has 3 unspecified atom stereocenters. The van der Waals surface area contributed by atoms with Gasteiger partial charge in [0, 0.05) is 61.8 Å². The Bertz CT molecular complexity index is 1840. The number of aromatic hydroxyl groups is 1. The van der Waals surface area contributed by atoms with Gasteiger partial charge in [-0.3, -0.25) is 14.8 Å². The van der Waals surface area contributed by atoms with Crippen LogP contribution in [0.15, 0.2) is 36.5 Å². The number of fused-ring (bicyclic) bond motifs is 5. The Labute approximate surface area is 263 Å². The molecule has 5 fully saturated rings. The fraction of sp³-hybridized carbons (Fsp3) is 0.500. The first-order valence-electron chi connectivity index (χ1n) is 16.3. The average Bonchev–Trinajstić information content (AvgIpc) is 3.63.